The molecule has 3 rings (SSSR count). The summed E-state index contributed by atoms with van der Waals surface area (Å²) in [6.45, 7) is 0. The Morgan fingerprint density at radius 2 is 2.31 bits per heavy atom. The van der Waals surface area contributed by atoms with Crippen molar-refractivity contribution in [3.8, 4) is 0 Å². The molecule has 68 valence electrons. The van der Waals surface area contributed by atoms with E-state index in [2.05, 4.69) is 29.6 Å². The molecule has 3 aliphatic rings. The van der Waals surface area contributed by atoms with Crippen LogP contribution >= 0.6 is 0 Å². The van der Waals surface area contributed by atoms with Gasteiger partial charge in [-0.2, -0.15) is 0 Å². The molecule has 1 nitrogen and oxygen atoms in total. The summed E-state index contributed by atoms with van der Waals surface area (Å²) in [5, 5.41) is 3.73. The summed E-state index contributed by atoms with van der Waals surface area (Å²) in [6.07, 6.45) is 14.3. The molecule has 0 amide bonds. The Balaban J connectivity index is 1.97. The van der Waals surface area contributed by atoms with Crippen molar-refractivity contribution in [3.05, 3.63) is 35.5 Å². The molecule has 1 heteroatoms. The van der Waals surface area contributed by atoms with Crippen LogP contribution in [0.15, 0.2) is 35.5 Å². The second-order valence-corrected chi connectivity index (χ2v) is 4.21. The molecule has 0 aromatic rings. The van der Waals surface area contributed by atoms with Crippen molar-refractivity contribution in [2.24, 2.45) is 0 Å². The molecule has 2 unspecified atom stereocenters. The van der Waals surface area contributed by atoms with E-state index < -0.39 is 0 Å². The maximum Gasteiger partial charge on any atom is 0.0360 e. The van der Waals surface area contributed by atoms with Gasteiger partial charge in [-0.3, -0.25) is 0 Å². The number of nitrogens with one attached hydrogen (secondary N) is 1. The smallest absolute Gasteiger partial charge is 0.0360 e. The molecule has 13 heavy (non-hydrogen) atoms. The van der Waals surface area contributed by atoms with Crippen molar-refractivity contribution in [2.75, 3.05) is 0 Å². The molecule has 0 spiro atoms. The van der Waals surface area contributed by atoms with Crippen molar-refractivity contribution in [1.29, 1.82) is 0 Å². The molecule has 0 saturated heterocycles. The van der Waals surface area contributed by atoms with Crippen LogP contribution in [-0.4, -0.2) is 12.1 Å². The summed E-state index contributed by atoms with van der Waals surface area (Å²) < 4.78 is 0. The number of hydrogen-bond acceptors (Lipinski definition) is 1. The predicted molar refractivity (Wildman–Crippen MR) is 54.5 cm³/mol. The van der Waals surface area contributed by atoms with Gasteiger partial charge in [-0.15, -0.1) is 0 Å². The molecule has 2 aliphatic carbocycles. The van der Waals surface area contributed by atoms with E-state index >= 15 is 0 Å². The average molecular weight is 173 g/mol. The van der Waals surface area contributed by atoms with E-state index in [0.29, 0.717) is 12.1 Å². The van der Waals surface area contributed by atoms with Crippen molar-refractivity contribution in [3.63, 3.8) is 0 Å². The summed E-state index contributed by atoms with van der Waals surface area (Å²) in [4.78, 5) is 0. The van der Waals surface area contributed by atoms with Crippen LogP contribution < -0.4 is 5.32 Å². The Kier molecular flexibility index (Phi) is 1.66. The number of hydrogen-bond donors (Lipinski definition) is 1. The highest BCUT2D eigenvalue weighted by molar-refractivity contribution is 5.40. The Morgan fingerprint density at radius 3 is 3.31 bits per heavy atom. The predicted octanol–water partition coefficient (Wildman–Crippen LogP) is 2.32. The lowest BCUT2D eigenvalue weighted by atomic mass is 9.90. The lowest BCUT2D eigenvalue weighted by molar-refractivity contribution is 0.493. The van der Waals surface area contributed by atoms with Crippen molar-refractivity contribution >= 4 is 0 Å². The normalized spacial score (nSPS) is 36.3. The average Bonchev–Trinajstić information content (AvgIpc) is 2.61. The van der Waals surface area contributed by atoms with Crippen molar-refractivity contribution in [2.45, 2.75) is 37.8 Å². The van der Waals surface area contributed by atoms with E-state index in [-0.39, 0.29) is 0 Å². The molecule has 2 atom stereocenters. The monoisotopic (exact) mass is 173 g/mol. The van der Waals surface area contributed by atoms with E-state index in [9.17, 15) is 0 Å². The van der Waals surface area contributed by atoms with Gasteiger partial charge in [-0.05, 0) is 31.3 Å². The molecule has 1 heterocycles. The molecule has 0 radical (unpaired) electrons. The van der Waals surface area contributed by atoms with Gasteiger partial charge in [-0.25, -0.2) is 0 Å². The lowest BCUT2D eigenvalue weighted by Gasteiger charge is -2.30. The van der Waals surface area contributed by atoms with Crippen LogP contribution in [0.5, 0.6) is 0 Å². The quantitative estimate of drug-likeness (QED) is 0.593. The number of fused-ring (bicyclic) bond motifs is 2. The van der Waals surface area contributed by atoms with Gasteiger partial charge in [0.25, 0.3) is 0 Å². The van der Waals surface area contributed by atoms with Gasteiger partial charge >= 0.3 is 0 Å². The lowest BCUT2D eigenvalue weighted by Crippen LogP contribution is -2.42. The third-order valence-electron chi connectivity index (χ3n) is 3.36. The van der Waals surface area contributed by atoms with Crippen LogP contribution in [-0.2, 0) is 0 Å². The van der Waals surface area contributed by atoms with Crippen LogP contribution in [0.1, 0.15) is 25.7 Å². The Morgan fingerprint density at radius 1 is 1.31 bits per heavy atom. The summed E-state index contributed by atoms with van der Waals surface area (Å²) in [5.41, 5.74) is 3.13. The van der Waals surface area contributed by atoms with Crippen molar-refractivity contribution < 1.29 is 0 Å². The van der Waals surface area contributed by atoms with Crippen LogP contribution in [0.3, 0.4) is 0 Å². The first-order valence-electron chi connectivity index (χ1n) is 5.27. The van der Waals surface area contributed by atoms with E-state index in [0.717, 1.165) is 0 Å². The summed E-state index contributed by atoms with van der Waals surface area (Å²) in [5.74, 6) is 0. The minimum Gasteiger partial charge on any atom is -0.303 e. The zero-order chi connectivity index (χ0) is 8.67. The molecule has 1 aliphatic heterocycles. The highest BCUT2D eigenvalue weighted by Crippen LogP contribution is 2.32. The highest BCUT2D eigenvalue weighted by atomic mass is 15.0. The first kappa shape index (κ1) is 7.57. The molecule has 0 aromatic heterocycles. The topological polar surface area (TPSA) is 12.0 Å². The summed E-state index contributed by atoms with van der Waals surface area (Å²) >= 11 is 0. The third kappa shape index (κ3) is 1.19. The van der Waals surface area contributed by atoms with Gasteiger partial charge in [0.05, 0.1) is 0 Å². The zero-order valence-electron chi connectivity index (χ0n) is 7.79. The van der Waals surface area contributed by atoms with E-state index in [1.165, 1.54) is 31.3 Å². The fourth-order valence-corrected chi connectivity index (χ4v) is 2.65. The van der Waals surface area contributed by atoms with E-state index in [1.807, 2.05) is 0 Å². The van der Waals surface area contributed by atoms with Gasteiger partial charge in [-0.1, -0.05) is 29.9 Å². The maximum atomic E-state index is 3.73. The van der Waals surface area contributed by atoms with Crippen LogP contribution in [0.2, 0.25) is 0 Å². The molecular weight excluding hydrogens is 158 g/mol. The second kappa shape index (κ2) is 2.85. The van der Waals surface area contributed by atoms with E-state index in [4.69, 9.17) is 0 Å². The highest BCUT2D eigenvalue weighted by Gasteiger charge is 2.29. The van der Waals surface area contributed by atoms with Gasteiger partial charge in [0.15, 0.2) is 0 Å². The summed E-state index contributed by atoms with van der Waals surface area (Å²) in [7, 11) is 0. The number of allylic oxidation sites excluding steroid dienone is 2. The largest absolute Gasteiger partial charge is 0.303 e. The fraction of sp³-hybridized carbons (Fsp3) is 0.500. The van der Waals surface area contributed by atoms with Gasteiger partial charge in [0.2, 0.25) is 0 Å². The van der Waals surface area contributed by atoms with E-state index in [1.54, 1.807) is 5.57 Å². The van der Waals surface area contributed by atoms with Crippen molar-refractivity contribution in [1.82, 2.24) is 5.32 Å². The third-order valence-corrected chi connectivity index (χ3v) is 3.36. The minimum absolute atomic E-state index is 0.608. The second-order valence-electron chi connectivity index (χ2n) is 4.21. The summed E-state index contributed by atoms with van der Waals surface area (Å²) in [6, 6.07) is 1.31. The SMILES string of the molecule is C1=CCC2NC3CCCC3=CC2=C1. The standard InChI is InChI=1S/C12H15N/c1-2-6-11-9(4-1)8-10-5-3-7-12(10)13-11/h1-2,4,8,11-13H,3,5-7H2. The van der Waals surface area contributed by atoms with Crippen LogP contribution in [0, 0.1) is 0 Å². The Bertz CT molecular complexity index is 309. The Labute approximate surface area is 79.2 Å². The van der Waals surface area contributed by atoms with Gasteiger partial charge in [0, 0.05) is 12.1 Å². The molecular formula is C12H15N. The first-order chi connectivity index (χ1) is 6.43. The molecule has 1 fully saturated rings. The molecule has 0 aromatic carbocycles. The number of rotatable bonds is 0. The fourth-order valence-electron chi connectivity index (χ4n) is 2.65. The first-order valence-corrected chi connectivity index (χ1v) is 5.27. The minimum atomic E-state index is 0.608. The van der Waals surface area contributed by atoms with Gasteiger partial charge in [0.1, 0.15) is 0 Å². The van der Waals surface area contributed by atoms with Crippen LogP contribution in [0.25, 0.3) is 0 Å². The maximum absolute atomic E-state index is 3.73. The van der Waals surface area contributed by atoms with Gasteiger partial charge < -0.3 is 5.32 Å². The van der Waals surface area contributed by atoms with Crippen LogP contribution in [0.4, 0.5) is 0 Å². The Hall–Kier alpha value is -0.820. The molecule has 1 saturated carbocycles. The molecule has 0 bridgehead atoms. The molecule has 1 N–H and O–H groups in total. The zero-order valence-corrected chi connectivity index (χ0v) is 7.79.